The minimum Gasteiger partial charge on any atom is -0.300 e. The van der Waals surface area contributed by atoms with Crippen LogP contribution in [0, 0.1) is 11.7 Å². The number of nitrogens with one attached hydrogen (secondary N) is 1. The van der Waals surface area contributed by atoms with Gasteiger partial charge in [-0.3, -0.25) is 9.67 Å². The van der Waals surface area contributed by atoms with Gasteiger partial charge in [-0.2, -0.15) is 5.10 Å². The van der Waals surface area contributed by atoms with Gasteiger partial charge in [0.15, 0.2) is 10.6 Å². The molecule has 2 aromatic carbocycles. The van der Waals surface area contributed by atoms with Crippen LogP contribution in [0.25, 0.3) is 11.4 Å². The molecular weight excluding hydrogens is 278 g/mol. The molecular formula is C17H17N3S. The molecule has 0 atom stereocenters. The summed E-state index contributed by atoms with van der Waals surface area (Å²) in [6.45, 7) is 2.96. The Morgan fingerprint density at radius 2 is 1.76 bits per heavy atom. The van der Waals surface area contributed by atoms with Crippen molar-refractivity contribution in [1.82, 2.24) is 14.8 Å². The highest BCUT2D eigenvalue weighted by molar-refractivity contribution is 7.71. The fourth-order valence-electron chi connectivity index (χ4n) is 2.46. The largest absolute Gasteiger partial charge is 0.300 e. The van der Waals surface area contributed by atoms with Crippen LogP contribution in [0.3, 0.4) is 0 Å². The smallest absolute Gasteiger partial charge is 0.195 e. The normalized spacial score (nSPS) is 10.7. The quantitative estimate of drug-likeness (QED) is 0.733. The molecule has 106 valence electrons. The highest BCUT2D eigenvalue weighted by Gasteiger charge is 2.08. The van der Waals surface area contributed by atoms with Crippen LogP contribution < -0.4 is 0 Å². The van der Waals surface area contributed by atoms with Gasteiger partial charge in [-0.15, -0.1) is 0 Å². The Kier molecular flexibility index (Phi) is 3.97. The standard InChI is InChI=1S/C17H17N3S/c1-13-7-5-6-8-14(13)11-12-20-16(18-19-17(20)21)15-9-3-2-4-10-15/h2-10H,11-12H2,1H3,(H,19,21). The van der Waals surface area contributed by atoms with Gasteiger partial charge in [0, 0.05) is 12.1 Å². The zero-order valence-corrected chi connectivity index (χ0v) is 12.7. The van der Waals surface area contributed by atoms with Crippen LogP contribution in [0.2, 0.25) is 0 Å². The van der Waals surface area contributed by atoms with E-state index in [0.717, 1.165) is 24.4 Å². The van der Waals surface area contributed by atoms with E-state index in [1.54, 1.807) is 0 Å². The topological polar surface area (TPSA) is 33.6 Å². The second-order valence-electron chi connectivity index (χ2n) is 5.05. The second-order valence-corrected chi connectivity index (χ2v) is 5.43. The maximum atomic E-state index is 5.37. The third-order valence-electron chi connectivity index (χ3n) is 3.66. The Hall–Kier alpha value is -2.20. The summed E-state index contributed by atoms with van der Waals surface area (Å²) < 4.78 is 2.74. The van der Waals surface area contributed by atoms with Gasteiger partial charge in [0.05, 0.1) is 0 Å². The Balaban J connectivity index is 1.88. The van der Waals surface area contributed by atoms with Crippen molar-refractivity contribution < 1.29 is 0 Å². The van der Waals surface area contributed by atoms with Gasteiger partial charge in [-0.05, 0) is 36.7 Å². The molecule has 0 amide bonds. The Bertz CT molecular complexity index is 787. The summed E-state index contributed by atoms with van der Waals surface area (Å²) in [5, 5.41) is 7.27. The van der Waals surface area contributed by atoms with Crippen molar-refractivity contribution in [3.05, 3.63) is 70.5 Å². The molecule has 0 saturated heterocycles. The van der Waals surface area contributed by atoms with Crippen molar-refractivity contribution in [3.8, 4) is 11.4 Å². The summed E-state index contributed by atoms with van der Waals surface area (Å²) in [6.07, 6.45) is 0.945. The summed E-state index contributed by atoms with van der Waals surface area (Å²) in [5.74, 6) is 0.897. The SMILES string of the molecule is Cc1ccccc1CCn1c(-c2ccccc2)n[nH]c1=S. The molecule has 3 rings (SSSR count). The van der Waals surface area contributed by atoms with Crippen LogP contribution in [0.15, 0.2) is 54.6 Å². The molecule has 0 aliphatic carbocycles. The number of hydrogen-bond donors (Lipinski definition) is 1. The van der Waals surface area contributed by atoms with E-state index >= 15 is 0 Å². The average molecular weight is 295 g/mol. The zero-order valence-electron chi connectivity index (χ0n) is 11.9. The van der Waals surface area contributed by atoms with Crippen molar-refractivity contribution in [1.29, 1.82) is 0 Å². The van der Waals surface area contributed by atoms with Gasteiger partial charge in [-0.1, -0.05) is 54.6 Å². The fraction of sp³-hybridized carbons (Fsp3) is 0.176. The predicted molar refractivity (Wildman–Crippen MR) is 87.7 cm³/mol. The molecule has 0 fully saturated rings. The molecule has 3 nitrogen and oxygen atoms in total. The molecule has 1 heterocycles. The fourth-order valence-corrected chi connectivity index (χ4v) is 2.68. The number of nitrogens with zero attached hydrogens (tertiary/aromatic N) is 2. The number of aryl methyl sites for hydroxylation is 2. The van der Waals surface area contributed by atoms with E-state index in [1.807, 2.05) is 18.2 Å². The first-order valence-corrected chi connectivity index (χ1v) is 7.41. The lowest BCUT2D eigenvalue weighted by atomic mass is 10.1. The molecule has 1 N–H and O–H groups in total. The van der Waals surface area contributed by atoms with Crippen molar-refractivity contribution >= 4 is 12.2 Å². The van der Waals surface area contributed by atoms with Gasteiger partial charge in [0.1, 0.15) is 0 Å². The molecule has 1 aromatic heterocycles. The average Bonchev–Trinajstić information content (AvgIpc) is 2.88. The molecule has 21 heavy (non-hydrogen) atoms. The molecule has 0 spiro atoms. The van der Waals surface area contributed by atoms with E-state index in [1.165, 1.54) is 11.1 Å². The van der Waals surface area contributed by atoms with Gasteiger partial charge in [-0.25, -0.2) is 0 Å². The molecule has 0 aliphatic heterocycles. The molecule has 0 bridgehead atoms. The van der Waals surface area contributed by atoms with Gasteiger partial charge >= 0.3 is 0 Å². The molecule has 3 aromatic rings. The first-order valence-electron chi connectivity index (χ1n) is 7.01. The highest BCUT2D eigenvalue weighted by Crippen LogP contribution is 2.18. The number of aromatic nitrogens is 3. The third-order valence-corrected chi connectivity index (χ3v) is 3.97. The van der Waals surface area contributed by atoms with Gasteiger partial charge < -0.3 is 0 Å². The number of benzene rings is 2. The van der Waals surface area contributed by atoms with Crippen LogP contribution in [0.4, 0.5) is 0 Å². The Labute approximate surface area is 129 Å². The summed E-state index contributed by atoms with van der Waals surface area (Å²) in [5.41, 5.74) is 3.74. The lowest BCUT2D eigenvalue weighted by Gasteiger charge is -2.09. The summed E-state index contributed by atoms with van der Waals surface area (Å²) in [7, 11) is 0. The van der Waals surface area contributed by atoms with E-state index in [4.69, 9.17) is 12.2 Å². The van der Waals surface area contributed by atoms with Gasteiger partial charge in [0.2, 0.25) is 0 Å². The monoisotopic (exact) mass is 295 g/mol. The second kappa shape index (κ2) is 6.06. The third kappa shape index (κ3) is 2.95. The minimum atomic E-state index is 0.669. The lowest BCUT2D eigenvalue weighted by molar-refractivity contribution is 0.689. The van der Waals surface area contributed by atoms with Crippen molar-refractivity contribution in [2.45, 2.75) is 19.9 Å². The summed E-state index contributed by atoms with van der Waals surface area (Å²) in [6, 6.07) is 18.6. The number of aromatic amines is 1. The highest BCUT2D eigenvalue weighted by atomic mass is 32.1. The minimum absolute atomic E-state index is 0.669. The Morgan fingerprint density at radius 1 is 1.05 bits per heavy atom. The molecule has 4 heteroatoms. The van der Waals surface area contributed by atoms with Crippen molar-refractivity contribution in [2.24, 2.45) is 0 Å². The van der Waals surface area contributed by atoms with Crippen LogP contribution in [0.1, 0.15) is 11.1 Å². The van der Waals surface area contributed by atoms with E-state index in [0.29, 0.717) is 4.77 Å². The van der Waals surface area contributed by atoms with Crippen LogP contribution in [-0.2, 0) is 13.0 Å². The zero-order chi connectivity index (χ0) is 14.7. The first-order chi connectivity index (χ1) is 10.3. The van der Waals surface area contributed by atoms with Crippen molar-refractivity contribution in [2.75, 3.05) is 0 Å². The Morgan fingerprint density at radius 3 is 2.52 bits per heavy atom. The van der Waals surface area contributed by atoms with Crippen LogP contribution >= 0.6 is 12.2 Å². The van der Waals surface area contributed by atoms with Gasteiger partial charge in [0.25, 0.3) is 0 Å². The van der Waals surface area contributed by atoms with Crippen molar-refractivity contribution in [3.63, 3.8) is 0 Å². The number of H-pyrrole nitrogens is 1. The summed E-state index contributed by atoms with van der Waals surface area (Å²) >= 11 is 5.37. The maximum absolute atomic E-state index is 5.37. The number of rotatable bonds is 4. The molecule has 0 saturated carbocycles. The molecule has 0 aliphatic rings. The maximum Gasteiger partial charge on any atom is 0.195 e. The van der Waals surface area contributed by atoms with E-state index < -0.39 is 0 Å². The lowest BCUT2D eigenvalue weighted by Crippen LogP contribution is -2.04. The summed E-state index contributed by atoms with van der Waals surface area (Å²) in [4.78, 5) is 0. The first kappa shape index (κ1) is 13.8. The molecule has 0 unspecified atom stereocenters. The van der Waals surface area contributed by atoms with E-state index in [-0.39, 0.29) is 0 Å². The van der Waals surface area contributed by atoms with Crippen LogP contribution in [-0.4, -0.2) is 14.8 Å². The molecule has 0 radical (unpaired) electrons. The van der Waals surface area contributed by atoms with E-state index in [9.17, 15) is 0 Å². The predicted octanol–water partition coefficient (Wildman–Crippen LogP) is 4.16. The number of hydrogen-bond acceptors (Lipinski definition) is 2. The van der Waals surface area contributed by atoms with Crippen LogP contribution in [0.5, 0.6) is 0 Å². The van der Waals surface area contributed by atoms with E-state index in [2.05, 4.69) is 58.1 Å².